The van der Waals surface area contributed by atoms with Gasteiger partial charge in [-0.25, -0.2) is 0 Å². The molecule has 4 heteroatoms. The molecular formula is C21H36N2O2. The van der Waals surface area contributed by atoms with E-state index in [1.165, 1.54) is 44.9 Å². The highest BCUT2D eigenvalue weighted by Crippen LogP contribution is 2.34. The van der Waals surface area contributed by atoms with E-state index in [4.69, 9.17) is 0 Å². The monoisotopic (exact) mass is 348 g/mol. The fourth-order valence-electron chi connectivity index (χ4n) is 4.55. The normalized spacial score (nSPS) is 30.1. The number of hydrogen-bond donors (Lipinski definition) is 1. The van der Waals surface area contributed by atoms with Crippen molar-refractivity contribution in [3.05, 3.63) is 0 Å². The number of hydrogen-bond acceptors (Lipinski definition) is 2. The van der Waals surface area contributed by atoms with E-state index in [9.17, 15) is 9.59 Å². The van der Waals surface area contributed by atoms with Crippen LogP contribution >= 0.6 is 0 Å². The maximum Gasteiger partial charge on any atom is 0.225 e. The molecule has 1 heterocycles. The van der Waals surface area contributed by atoms with E-state index >= 15 is 0 Å². The van der Waals surface area contributed by atoms with Crippen LogP contribution in [-0.4, -0.2) is 36.3 Å². The number of amides is 2. The summed E-state index contributed by atoms with van der Waals surface area (Å²) >= 11 is 0. The highest BCUT2D eigenvalue weighted by atomic mass is 16.2. The molecule has 0 radical (unpaired) electrons. The minimum atomic E-state index is 0.0114. The van der Waals surface area contributed by atoms with Gasteiger partial charge in [-0.2, -0.15) is 0 Å². The van der Waals surface area contributed by atoms with Crippen LogP contribution in [0.3, 0.4) is 0 Å². The van der Waals surface area contributed by atoms with Crippen LogP contribution < -0.4 is 5.32 Å². The molecule has 0 bridgehead atoms. The summed E-state index contributed by atoms with van der Waals surface area (Å²) < 4.78 is 0. The van der Waals surface area contributed by atoms with Crippen LogP contribution in [0, 0.1) is 23.7 Å². The van der Waals surface area contributed by atoms with Gasteiger partial charge in [-0.3, -0.25) is 9.59 Å². The molecule has 1 unspecified atom stereocenters. The first-order valence-corrected chi connectivity index (χ1v) is 10.7. The zero-order valence-electron chi connectivity index (χ0n) is 16.0. The molecule has 0 spiro atoms. The van der Waals surface area contributed by atoms with Crippen molar-refractivity contribution in [3.63, 3.8) is 0 Å². The Morgan fingerprint density at radius 2 is 1.68 bits per heavy atom. The fourth-order valence-corrected chi connectivity index (χ4v) is 4.55. The Hall–Kier alpha value is -1.06. The van der Waals surface area contributed by atoms with Crippen molar-refractivity contribution in [1.29, 1.82) is 0 Å². The second-order valence-electron chi connectivity index (χ2n) is 8.67. The number of rotatable bonds is 7. The van der Waals surface area contributed by atoms with Crippen LogP contribution in [-0.2, 0) is 9.59 Å². The minimum absolute atomic E-state index is 0.0114. The molecule has 2 amide bonds. The zero-order valence-corrected chi connectivity index (χ0v) is 16.0. The summed E-state index contributed by atoms with van der Waals surface area (Å²) in [6, 6.07) is 0. The average Bonchev–Trinajstić information content (AvgIpc) is 3.49. The molecule has 4 nitrogen and oxygen atoms in total. The van der Waals surface area contributed by atoms with Gasteiger partial charge in [0, 0.05) is 25.6 Å². The lowest BCUT2D eigenvalue weighted by Gasteiger charge is -2.36. The van der Waals surface area contributed by atoms with Gasteiger partial charge in [0.25, 0.3) is 0 Å². The van der Waals surface area contributed by atoms with E-state index in [2.05, 4.69) is 12.2 Å². The fraction of sp³-hybridized carbons (Fsp3) is 0.905. The Labute approximate surface area is 153 Å². The van der Waals surface area contributed by atoms with Gasteiger partial charge < -0.3 is 10.2 Å². The number of piperidine rings is 1. The summed E-state index contributed by atoms with van der Waals surface area (Å²) in [4.78, 5) is 27.3. The molecule has 0 aromatic carbocycles. The third-order valence-corrected chi connectivity index (χ3v) is 6.53. The maximum absolute atomic E-state index is 12.9. The van der Waals surface area contributed by atoms with Crippen molar-refractivity contribution < 1.29 is 9.59 Å². The molecule has 3 rings (SSSR count). The predicted octanol–water partition coefficient (Wildman–Crippen LogP) is 3.75. The number of carbonyl (C=O) groups excluding carboxylic acids is 2. The van der Waals surface area contributed by atoms with Crippen molar-refractivity contribution in [1.82, 2.24) is 10.2 Å². The molecular weight excluding hydrogens is 312 g/mol. The Morgan fingerprint density at radius 3 is 2.36 bits per heavy atom. The van der Waals surface area contributed by atoms with Crippen LogP contribution in [0.25, 0.3) is 0 Å². The summed E-state index contributed by atoms with van der Waals surface area (Å²) in [5.74, 6) is 2.28. The van der Waals surface area contributed by atoms with Gasteiger partial charge in [0.2, 0.25) is 11.8 Å². The van der Waals surface area contributed by atoms with E-state index in [-0.39, 0.29) is 17.7 Å². The smallest absolute Gasteiger partial charge is 0.225 e. The Morgan fingerprint density at radius 1 is 0.960 bits per heavy atom. The lowest BCUT2D eigenvalue weighted by atomic mass is 9.79. The quantitative estimate of drug-likeness (QED) is 0.762. The van der Waals surface area contributed by atoms with Crippen LogP contribution in [0.5, 0.6) is 0 Å². The highest BCUT2D eigenvalue weighted by Gasteiger charge is 2.34. The van der Waals surface area contributed by atoms with Gasteiger partial charge in [0.15, 0.2) is 0 Å². The first-order valence-electron chi connectivity index (χ1n) is 10.7. The van der Waals surface area contributed by atoms with Gasteiger partial charge in [-0.15, -0.1) is 0 Å². The summed E-state index contributed by atoms with van der Waals surface area (Å²) in [6.07, 6.45) is 12.9. The standard InChI is InChI=1S/C21H36N2O2/c1-2-3-5-16-9-11-18(12-10-16)21(25)23-13-4-6-19(15-23)20(24)22-14-17-7-8-17/h16-19H,2-15H2,1H3,(H,22,24). The Bertz CT molecular complexity index is 453. The molecule has 0 aromatic heterocycles. The van der Waals surface area contributed by atoms with Crippen molar-refractivity contribution in [2.75, 3.05) is 19.6 Å². The van der Waals surface area contributed by atoms with Crippen LogP contribution in [0.4, 0.5) is 0 Å². The number of carbonyl (C=O) groups is 2. The SMILES string of the molecule is CCCCC1CCC(C(=O)N2CCCC(C(=O)NCC3CC3)C2)CC1. The first kappa shape index (κ1) is 18.7. The summed E-state index contributed by atoms with van der Waals surface area (Å²) in [6.45, 7) is 4.58. The van der Waals surface area contributed by atoms with Gasteiger partial charge in [0.1, 0.15) is 0 Å². The largest absolute Gasteiger partial charge is 0.356 e. The van der Waals surface area contributed by atoms with Crippen molar-refractivity contribution in [2.45, 2.75) is 77.6 Å². The van der Waals surface area contributed by atoms with E-state index in [0.29, 0.717) is 18.4 Å². The van der Waals surface area contributed by atoms with Gasteiger partial charge in [-0.1, -0.05) is 26.2 Å². The third kappa shape index (κ3) is 5.46. The van der Waals surface area contributed by atoms with Crippen LogP contribution in [0.2, 0.25) is 0 Å². The number of likely N-dealkylation sites (tertiary alicyclic amines) is 1. The summed E-state index contributed by atoms with van der Waals surface area (Å²) in [5.41, 5.74) is 0. The molecule has 1 atom stereocenters. The number of unbranched alkanes of at least 4 members (excludes halogenated alkanes) is 1. The van der Waals surface area contributed by atoms with Crippen molar-refractivity contribution in [2.24, 2.45) is 23.7 Å². The predicted molar refractivity (Wildman–Crippen MR) is 100 cm³/mol. The molecule has 2 aliphatic carbocycles. The van der Waals surface area contributed by atoms with Crippen LogP contribution in [0.15, 0.2) is 0 Å². The topological polar surface area (TPSA) is 49.4 Å². The lowest BCUT2D eigenvalue weighted by Crippen LogP contribution is -2.48. The molecule has 1 N–H and O–H groups in total. The molecule has 3 fully saturated rings. The molecule has 0 aromatic rings. The molecule has 1 aliphatic heterocycles. The minimum Gasteiger partial charge on any atom is -0.356 e. The first-order chi connectivity index (χ1) is 12.2. The third-order valence-electron chi connectivity index (χ3n) is 6.53. The van der Waals surface area contributed by atoms with Crippen molar-refractivity contribution >= 4 is 11.8 Å². The van der Waals surface area contributed by atoms with E-state index in [0.717, 1.165) is 44.7 Å². The molecule has 142 valence electrons. The van der Waals surface area contributed by atoms with Gasteiger partial charge in [0.05, 0.1) is 5.92 Å². The highest BCUT2D eigenvalue weighted by molar-refractivity contribution is 5.82. The number of nitrogens with one attached hydrogen (secondary N) is 1. The van der Waals surface area contributed by atoms with Gasteiger partial charge in [-0.05, 0) is 63.2 Å². The average molecular weight is 349 g/mol. The molecule has 3 aliphatic rings. The second kappa shape index (κ2) is 9.05. The maximum atomic E-state index is 12.9. The van der Waals surface area contributed by atoms with E-state index < -0.39 is 0 Å². The Kier molecular flexibility index (Phi) is 6.77. The molecule has 1 saturated heterocycles. The number of nitrogens with zero attached hydrogens (tertiary/aromatic N) is 1. The Balaban J connectivity index is 1.42. The molecule has 25 heavy (non-hydrogen) atoms. The van der Waals surface area contributed by atoms with Crippen molar-refractivity contribution in [3.8, 4) is 0 Å². The van der Waals surface area contributed by atoms with Crippen LogP contribution in [0.1, 0.15) is 77.6 Å². The zero-order chi connectivity index (χ0) is 17.6. The van der Waals surface area contributed by atoms with E-state index in [1.54, 1.807) is 0 Å². The summed E-state index contributed by atoms with van der Waals surface area (Å²) in [7, 11) is 0. The van der Waals surface area contributed by atoms with Gasteiger partial charge >= 0.3 is 0 Å². The second-order valence-corrected chi connectivity index (χ2v) is 8.67. The molecule has 2 saturated carbocycles. The summed E-state index contributed by atoms with van der Waals surface area (Å²) in [5, 5.41) is 3.10. The lowest BCUT2D eigenvalue weighted by molar-refractivity contribution is -0.140. The van der Waals surface area contributed by atoms with E-state index in [1.807, 2.05) is 4.90 Å².